The molecule has 1 N–H and O–H groups in total. The fraction of sp³-hybridized carbons (Fsp3) is 0.333. The Morgan fingerprint density at radius 1 is 1.29 bits per heavy atom. The van der Waals surface area contributed by atoms with Gasteiger partial charge in [-0.2, -0.15) is 0 Å². The standard InChI is InChI=1S/C12H14FN3O/c1-2-7-16-12(11(8-17)14-15-16)9-3-5-10(13)6-4-9/h3-6,17H,2,7-8H2,1H3. The van der Waals surface area contributed by atoms with E-state index in [1.807, 2.05) is 6.92 Å². The van der Waals surface area contributed by atoms with Gasteiger partial charge in [-0.25, -0.2) is 9.07 Å². The van der Waals surface area contributed by atoms with Crippen LogP contribution in [0.15, 0.2) is 24.3 Å². The first-order chi connectivity index (χ1) is 8.26. The maximum atomic E-state index is 12.9. The molecule has 17 heavy (non-hydrogen) atoms. The molecule has 0 amide bonds. The van der Waals surface area contributed by atoms with Gasteiger partial charge in [0, 0.05) is 12.1 Å². The van der Waals surface area contributed by atoms with Crippen LogP contribution in [-0.4, -0.2) is 20.1 Å². The zero-order valence-corrected chi connectivity index (χ0v) is 9.60. The Morgan fingerprint density at radius 2 is 2.00 bits per heavy atom. The van der Waals surface area contributed by atoms with Crippen LogP contribution in [0.25, 0.3) is 11.3 Å². The number of rotatable bonds is 4. The molecular formula is C12H14FN3O. The summed E-state index contributed by atoms with van der Waals surface area (Å²) in [5, 5.41) is 17.1. The number of aliphatic hydroxyl groups excluding tert-OH is 1. The van der Waals surface area contributed by atoms with Crippen molar-refractivity contribution in [2.24, 2.45) is 0 Å². The molecule has 0 fully saturated rings. The SMILES string of the molecule is CCCn1nnc(CO)c1-c1ccc(F)cc1. The maximum absolute atomic E-state index is 12.9. The van der Waals surface area contributed by atoms with Crippen molar-refractivity contribution in [1.82, 2.24) is 15.0 Å². The van der Waals surface area contributed by atoms with Crippen LogP contribution in [0.5, 0.6) is 0 Å². The van der Waals surface area contributed by atoms with Gasteiger partial charge in [-0.1, -0.05) is 12.1 Å². The van der Waals surface area contributed by atoms with E-state index in [-0.39, 0.29) is 12.4 Å². The quantitative estimate of drug-likeness (QED) is 0.881. The summed E-state index contributed by atoms with van der Waals surface area (Å²) in [4.78, 5) is 0. The number of benzene rings is 1. The number of aliphatic hydroxyl groups is 1. The summed E-state index contributed by atoms with van der Waals surface area (Å²) < 4.78 is 14.6. The van der Waals surface area contributed by atoms with Crippen molar-refractivity contribution >= 4 is 0 Å². The first-order valence-electron chi connectivity index (χ1n) is 5.55. The molecule has 1 aromatic carbocycles. The maximum Gasteiger partial charge on any atom is 0.123 e. The molecule has 0 saturated heterocycles. The molecule has 2 rings (SSSR count). The Balaban J connectivity index is 2.47. The summed E-state index contributed by atoms with van der Waals surface area (Å²) in [5.41, 5.74) is 2.09. The molecule has 0 aliphatic rings. The van der Waals surface area contributed by atoms with Gasteiger partial charge < -0.3 is 5.11 Å². The van der Waals surface area contributed by atoms with Crippen LogP contribution in [-0.2, 0) is 13.2 Å². The highest BCUT2D eigenvalue weighted by atomic mass is 19.1. The smallest absolute Gasteiger partial charge is 0.123 e. The number of hydrogen-bond donors (Lipinski definition) is 1. The molecule has 90 valence electrons. The Bertz CT molecular complexity index is 493. The van der Waals surface area contributed by atoms with Crippen LogP contribution >= 0.6 is 0 Å². The van der Waals surface area contributed by atoms with Gasteiger partial charge in [-0.3, -0.25) is 0 Å². The van der Waals surface area contributed by atoms with Gasteiger partial charge >= 0.3 is 0 Å². The predicted molar refractivity (Wildman–Crippen MR) is 61.6 cm³/mol. The lowest BCUT2D eigenvalue weighted by atomic mass is 10.1. The van der Waals surface area contributed by atoms with Crippen LogP contribution < -0.4 is 0 Å². The van der Waals surface area contributed by atoms with Crippen molar-refractivity contribution < 1.29 is 9.50 Å². The second kappa shape index (κ2) is 5.05. The third-order valence-corrected chi connectivity index (χ3v) is 2.51. The van der Waals surface area contributed by atoms with E-state index >= 15 is 0 Å². The Morgan fingerprint density at radius 3 is 2.59 bits per heavy atom. The van der Waals surface area contributed by atoms with Gasteiger partial charge in [0.1, 0.15) is 11.5 Å². The van der Waals surface area contributed by atoms with Gasteiger partial charge in [0.25, 0.3) is 0 Å². The minimum Gasteiger partial charge on any atom is -0.390 e. The summed E-state index contributed by atoms with van der Waals surface area (Å²) in [6.07, 6.45) is 0.919. The number of nitrogens with zero attached hydrogens (tertiary/aromatic N) is 3. The van der Waals surface area contributed by atoms with E-state index in [1.165, 1.54) is 12.1 Å². The van der Waals surface area contributed by atoms with Gasteiger partial charge in [0.2, 0.25) is 0 Å². The molecule has 4 nitrogen and oxygen atoms in total. The third-order valence-electron chi connectivity index (χ3n) is 2.51. The lowest BCUT2D eigenvalue weighted by molar-refractivity contribution is 0.277. The number of halogens is 1. The summed E-state index contributed by atoms with van der Waals surface area (Å²) in [6.45, 7) is 2.59. The zero-order chi connectivity index (χ0) is 12.3. The van der Waals surface area contributed by atoms with E-state index in [1.54, 1.807) is 16.8 Å². The summed E-state index contributed by atoms with van der Waals surface area (Å²) >= 11 is 0. The van der Waals surface area contributed by atoms with Gasteiger partial charge in [0.05, 0.1) is 12.3 Å². The van der Waals surface area contributed by atoms with Crippen LogP contribution in [0.2, 0.25) is 0 Å². The number of hydrogen-bond acceptors (Lipinski definition) is 3. The predicted octanol–water partition coefficient (Wildman–Crippen LogP) is 1.99. The van der Waals surface area contributed by atoms with Crippen molar-refractivity contribution in [2.45, 2.75) is 26.5 Å². The molecule has 0 saturated carbocycles. The second-order valence-electron chi connectivity index (χ2n) is 3.77. The first-order valence-corrected chi connectivity index (χ1v) is 5.55. The van der Waals surface area contributed by atoms with Crippen molar-refractivity contribution in [3.05, 3.63) is 35.8 Å². The molecule has 1 aromatic heterocycles. The van der Waals surface area contributed by atoms with E-state index in [2.05, 4.69) is 10.3 Å². The van der Waals surface area contributed by atoms with Crippen LogP contribution in [0, 0.1) is 5.82 Å². The largest absolute Gasteiger partial charge is 0.390 e. The zero-order valence-electron chi connectivity index (χ0n) is 9.60. The monoisotopic (exact) mass is 235 g/mol. The summed E-state index contributed by atoms with van der Waals surface area (Å²) in [7, 11) is 0. The highest BCUT2D eigenvalue weighted by Gasteiger charge is 2.13. The highest BCUT2D eigenvalue weighted by molar-refractivity contribution is 5.61. The van der Waals surface area contributed by atoms with Crippen molar-refractivity contribution in [2.75, 3.05) is 0 Å². The Hall–Kier alpha value is -1.75. The molecule has 5 heteroatoms. The first kappa shape index (κ1) is 11.7. The average molecular weight is 235 g/mol. The van der Waals surface area contributed by atoms with E-state index < -0.39 is 0 Å². The van der Waals surface area contributed by atoms with E-state index in [4.69, 9.17) is 0 Å². The van der Waals surface area contributed by atoms with E-state index in [0.717, 1.165) is 24.2 Å². The van der Waals surface area contributed by atoms with E-state index in [9.17, 15) is 9.50 Å². The molecule has 0 spiro atoms. The average Bonchev–Trinajstić information content (AvgIpc) is 2.74. The minimum absolute atomic E-state index is 0.170. The van der Waals surface area contributed by atoms with Gasteiger partial charge in [0.15, 0.2) is 0 Å². The molecule has 0 atom stereocenters. The molecule has 1 heterocycles. The normalized spacial score (nSPS) is 10.8. The van der Waals surface area contributed by atoms with Crippen molar-refractivity contribution in [3.63, 3.8) is 0 Å². The second-order valence-corrected chi connectivity index (χ2v) is 3.77. The molecular weight excluding hydrogens is 221 g/mol. The van der Waals surface area contributed by atoms with Crippen molar-refractivity contribution in [3.8, 4) is 11.3 Å². The highest BCUT2D eigenvalue weighted by Crippen LogP contribution is 2.22. The van der Waals surface area contributed by atoms with Gasteiger partial charge in [-0.15, -0.1) is 5.10 Å². The third kappa shape index (κ3) is 2.34. The molecule has 2 aromatic rings. The fourth-order valence-corrected chi connectivity index (χ4v) is 1.75. The Labute approximate surface area is 98.7 Å². The van der Waals surface area contributed by atoms with Crippen LogP contribution in [0.1, 0.15) is 19.0 Å². The van der Waals surface area contributed by atoms with E-state index in [0.29, 0.717) is 5.69 Å². The Kier molecular flexibility index (Phi) is 3.49. The van der Waals surface area contributed by atoms with Crippen LogP contribution in [0.3, 0.4) is 0 Å². The van der Waals surface area contributed by atoms with Crippen molar-refractivity contribution in [1.29, 1.82) is 0 Å². The minimum atomic E-state index is -0.284. The molecule has 0 bridgehead atoms. The van der Waals surface area contributed by atoms with Crippen LogP contribution in [0.4, 0.5) is 4.39 Å². The summed E-state index contributed by atoms with van der Waals surface area (Å²) in [5.74, 6) is -0.284. The molecule has 0 aliphatic heterocycles. The number of aromatic nitrogens is 3. The van der Waals surface area contributed by atoms with Gasteiger partial charge in [-0.05, 0) is 30.7 Å². The lowest BCUT2D eigenvalue weighted by Gasteiger charge is -2.06. The molecule has 0 aliphatic carbocycles. The fourth-order valence-electron chi connectivity index (χ4n) is 1.75. The number of aryl methyl sites for hydroxylation is 1. The lowest BCUT2D eigenvalue weighted by Crippen LogP contribution is -2.02. The topological polar surface area (TPSA) is 50.9 Å². The molecule has 0 radical (unpaired) electrons. The summed E-state index contributed by atoms with van der Waals surface area (Å²) in [6, 6.07) is 6.11. The molecule has 0 unspecified atom stereocenters.